The zero-order chi connectivity index (χ0) is 18.7. The van der Waals surface area contributed by atoms with Gasteiger partial charge >= 0.3 is 0 Å². The van der Waals surface area contributed by atoms with E-state index in [1.54, 1.807) is 17.5 Å². The lowest BCUT2D eigenvalue weighted by molar-refractivity contribution is 0.0247. The van der Waals surface area contributed by atoms with Gasteiger partial charge < -0.3 is 9.84 Å². The first kappa shape index (κ1) is 19.7. The van der Waals surface area contributed by atoms with Crippen LogP contribution in [0, 0.1) is 0 Å². The lowest BCUT2D eigenvalue weighted by Gasteiger charge is -2.22. The van der Waals surface area contributed by atoms with E-state index < -0.39 is 15.6 Å². The number of anilines is 1. The summed E-state index contributed by atoms with van der Waals surface area (Å²) in [5.41, 5.74) is -0.545. The maximum Gasteiger partial charge on any atom is 0.263 e. The number of aliphatic hydroxyl groups is 1. The van der Waals surface area contributed by atoms with Gasteiger partial charge in [-0.2, -0.15) is 0 Å². The number of nitrogens with zero attached hydrogens (tertiary/aromatic N) is 1. The van der Waals surface area contributed by atoms with Crippen LogP contribution in [0.3, 0.4) is 0 Å². The molecule has 0 aliphatic rings. The van der Waals surface area contributed by atoms with Gasteiger partial charge in [-0.25, -0.2) is 13.4 Å². The van der Waals surface area contributed by atoms with Gasteiger partial charge in [-0.15, -0.1) is 11.3 Å². The Labute approximate surface area is 152 Å². The van der Waals surface area contributed by atoms with Crippen molar-refractivity contribution in [2.75, 3.05) is 4.72 Å². The quantitative estimate of drug-likeness (QED) is 0.724. The highest BCUT2D eigenvalue weighted by Crippen LogP contribution is 2.31. The Morgan fingerprint density at radius 3 is 2.36 bits per heavy atom. The Morgan fingerprint density at radius 2 is 1.84 bits per heavy atom. The van der Waals surface area contributed by atoms with Crippen molar-refractivity contribution in [3.63, 3.8) is 0 Å². The number of sulfonamides is 1. The van der Waals surface area contributed by atoms with E-state index >= 15 is 0 Å². The van der Waals surface area contributed by atoms with Crippen LogP contribution < -0.4 is 9.46 Å². The predicted octanol–water partition coefficient (Wildman–Crippen LogP) is 3.74. The lowest BCUT2D eigenvalue weighted by atomic mass is 9.94. The molecule has 0 amide bonds. The topological polar surface area (TPSA) is 88.5 Å². The number of ether oxygens (including phenoxy) is 1. The van der Waals surface area contributed by atoms with Crippen molar-refractivity contribution in [2.24, 2.45) is 0 Å². The first-order chi connectivity index (χ1) is 11.7. The Bertz CT molecular complexity index is 794. The molecule has 0 unspecified atom stereocenters. The van der Waals surface area contributed by atoms with Gasteiger partial charge in [-0.05, 0) is 51.0 Å². The summed E-state index contributed by atoms with van der Waals surface area (Å²) in [6.07, 6.45) is 1.04. The summed E-state index contributed by atoms with van der Waals surface area (Å²) in [6, 6.07) is 6.22. The fraction of sp³-hybridized carbons (Fsp3) is 0.471. The summed E-state index contributed by atoms with van der Waals surface area (Å²) >= 11 is 1.15. The maximum absolute atomic E-state index is 12.5. The molecular weight excluding hydrogens is 360 g/mol. The van der Waals surface area contributed by atoms with Crippen molar-refractivity contribution in [1.29, 1.82) is 0 Å². The van der Waals surface area contributed by atoms with Gasteiger partial charge in [-0.3, -0.25) is 4.72 Å². The fourth-order valence-corrected chi connectivity index (χ4v) is 4.35. The molecule has 2 rings (SSSR count). The van der Waals surface area contributed by atoms with Crippen molar-refractivity contribution < 1.29 is 18.3 Å². The standard InChI is InChI=1S/C17H24N2O4S2/c1-5-17(20,6-2)15-11-24-16(18-15)19-25(21,22)14-9-7-13(8-10-14)23-12(3)4/h7-12,20H,5-6H2,1-4H3,(H,18,19). The van der Waals surface area contributed by atoms with Gasteiger partial charge in [0, 0.05) is 5.38 Å². The van der Waals surface area contributed by atoms with Gasteiger partial charge in [0.05, 0.1) is 16.7 Å². The number of aromatic nitrogens is 1. The first-order valence-corrected chi connectivity index (χ1v) is 10.5. The van der Waals surface area contributed by atoms with Crippen LogP contribution in [-0.2, 0) is 15.6 Å². The Morgan fingerprint density at radius 1 is 1.24 bits per heavy atom. The van der Waals surface area contributed by atoms with E-state index in [1.807, 2.05) is 27.7 Å². The highest BCUT2D eigenvalue weighted by molar-refractivity contribution is 7.93. The average Bonchev–Trinajstić information content (AvgIpc) is 3.02. The molecule has 138 valence electrons. The largest absolute Gasteiger partial charge is 0.491 e. The molecule has 0 atom stereocenters. The molecule has 2 aromatic rings. The van der Waals surface area contributed by atoms with Crippen molar-refractivity contribution in [3.8, 4) is 5.75 Å². The third-order valence-corrected chi connectivity index (χ3v) is 6.12. The summed E-state index contributed by atoms with van der Waals surface area (Å²) < 4.78 is 32.9. The number of rotatable bonds is 8. The molecule has 0 aliphatic heterocycles. The summed E-state index contributed by atoms with van der Waals surface area (Å²) in [7, 11) is -3.74. The van der Waals surface area contributed by atoms with E-state index in [0.29, 0.717) is 24.3 Å². The minimum atomic E-state index is -3.74. The monoisotopic (exact) mass is 384 g/mol. The van der Waals surface area contributed by atoms with E-state index in [1.165, 1.54) is 12.1 Å². The Hall–Kier alpha value is -1.64. The normalized spacial score (nSPS) is 12.4. The van der Waals surface area contributed by atoms with E-state index in [2.05, 4.69) is 9.71 Å². The highest BCUT2D eigenvalue weighted by Gasteiger charge is 2.28. The molecule has 1 heterocycles. The van der Waals surface area contributed by atoms with Crippen molar-refractivity contribution >= 4 is 26.5 Å². The highest BCUT2D eigenvalue weighted by atomic mass is 32.2. The van der Waals surface area contributed by atoms with E-state index in [9.17, 15) is 13.5 Å². The van der Waals surface area contributed by atoms with Crippen molar-refractivity contribution in [3.05, 3.63) is 35.3 Å². The minimum absolute atomic E-state index is 0.0187. The molecular formula is C17H24N2O4S2. The van der Waals surface area contributed by atoms with Crippen LogP contribution in [0.2, 0.25) is 0 Å². The molecule has 0 saturated carbocycles. The van der Waals surface area contributed by atoms with Gasteiger partial charge in [0.1, 0.15) is 11.4 Å². The van der Waals surface area contributed by atoms with Crippen LogP contribution >= 0.6 is 11.3 Å². The second-order valence-corrected chi connectivity index (χ2v) is 8.56. The van der Waals surface area contributed by atoms with Crippen molar-refractivity contribution in [1.82, 2.24) is 4.98 Å². The molecule has 1 aromatic heterocycles. The number of benzene rings is 1. The first-order valence-electron chi connectivity index (χ1n) is 8.18. The van der Waals surface area contributed by atoms with Gasteiger partial charge in [0.25, 0.3) is 10.0 Å². The van der Waals surface area contributed by atoms with E-state index in [0.717, 1.165) is 11.3 Å². The maximum atomic E-state index is 12.5. The van der Waals surface area contributed by atoms with Crippen LogP contribution in [0.4, 0.5) is 5.13 Å². The fourth-order valence-electron chi connectivity index (χ4n) is 2.29. The van der Waals surface area contributed by atoms with Gasteiger partial charge in [0.15, 0.2) is 5.13 Å². The Kier molecular flexibility index (Phi) is 6.08. The number of thiazole rings is 1. The second kappa shape index (κ2) is 7.72. The molecule has 8 heteroatoms. The smallest absolute Gasteiger partial charge is 0.263 e. The van der Waals surface area contributed by atoms with E-state index in [4.69, 9.17) is 4.74 Å². The van der Waals surface area contributed by atoms with Crippen LogP contribution in [0.5, 0.6) is 5.75 Å². The molecule has 2 N–H and O–H groups in total. The summed E-state index contributed by atoms with van der Waals surface area (Å²) in [4.78, 5) is 4.37. The van der Waals surface area contributed by atoms with Crippen LogP contribution in [-0.4, -0.2) is 24.6 Å². The third kappa shape index (κ3) is 4.71. The average molecular weight is 385 g/mol. The van der Waals surface area contributed by atoms with Crippen LogP contribution in [0.25, 0.3) is 0 Å². The third-order valence-electron chi connectivity index (χ3n) is 3.88. The van der Waals surface area contributed by atoms with Crippen LogP contribution in [0.1, 0.15) is 46.2 Å². The number of nitrogens with one attached hydrogen (secondary N) is 1. The molecule has 0 radical (unpaired) electrons. The molecule has 0 fully saturated rings. The second-order valence-electron chi connectivity index (χ2n) is 6.02. The molecule has 0 bridgehead atoms. The molecule has 0 aliphatic carbocycles. The minimum Gasteiger partial charge on any atom is -0.491 e. The summed E-state index contributed by atoms with van der Waals surface area (Å²) in [5, 5.41) is 12.4. The van der Waals surface area contributed by atoms with Gasteiger partial charge in [0.2, 0.25) is 0 Å². The van der Waals surface area contributed by atoms with Gasteiger partial charge in [-0.1, -0.05) is 13.8 Å². The molecule has 25 heavy (non-hydrogen) atoms. The predicted molar refractivity (Wildman–Crippen MR) is 99.6 cm³/mol. The van der Waals surface area contributed by atoms with E-state index in [-0.39, 0.29) is 16.1 Å². The number of hydrogen-bond donors (Lipinski definition) is 2. The van der Waals surface area contributed by atoms with Crippen molar-refractivity contribution in [2.45, 2.75) is 57.1 Å². The summed E-state index contributed by atoms with van der Waals surface area (Å²) in [5.74, 6) is 0.612. The lowest BCUT2D eigenvalue weighted by Crippen LogP contribution is -2.24. The zero-order valence-electron chi connectivity index (χ0n) is 14.8. The summed E-state index contributed by atoms with van der Waals surface area (Å²) in [6.45, 7) is 7.54. The van der Waals surface area contributed by atoms with Crippen LogP contribution in [0.15, 0.2) is 34.5 Å². The molecule has 0 spiro atoms. The molecule has 1 aromatic carbocycles. The number of hydrogen-bond acceptors (Lipinski definition) is 6. The SMILES string of the molecule is CCC(O)(CC)c1csc(NS(=O)(=O)c2ccc(OC(C)C)cc2)n1. The zero-order valence-corrected chi connectivity index (χ0v) is 16.4. The Balaban J connectivity index is 2.18. The molecule has 6 nitrogen and oxygen atoms in total. The molecule has 0 saturated heterocycles.